The molecule has 0 bridgehead atoms. The molecule has 2 aliphatic heterocycles. The molecule has 1 saturated heterocycles. The number of hydrogen-bond donors (Lipinski definition) is 1. The third-order valence-corrected chi connectivity index (χ3v) is 7.06. The SMILES string of the molecule is COc1cc([C@@H](C)C(=O)N2CC[C@@]3(CCc4cc(-c5ccccn5)c(C)nc4N3)C2)c(F)cn1. The van der Waals surface area contributed by atoms with Gasteiger partial charge < -0.3 is 15.0 Å². The summed E-state index contributed by atoms with van der Waals surface area (Å²) in [5, 5.41) is 3.66. The number of pyridine rings is 3. The number of halogens is 1. The Morgan fingerprint density at radius 3 is 2.88 bits per heavy atom. The van der Waals surface area contributed by atoms with E-state index in [0.717, 1.165) is 48.2 Å². The number of aryl methyl sites for hydroxylation is 2. The fraction of sp³-hybridized carbons (Fsp3) is 0.385. The molecule has 5 rings (SSSR count). The van der Waals surface area contributed by atoms with E-state index in [9.17, 15) is 9.18 Å². The van der Waals surface area contributed by atoms with E-state index in [-0.39, 0.29) is 11.4 Å². The zero-order valence-corrected chi connectivity index (χ0v) is 19.6. The van der Waals surface area contributed by atoms with Crippen molar-refractivity contribution in [3.63, 3.8) is 0 Å². The molecule has 34 heavy (non-hydrogen) atoms. The largest absolute Gasteiger partial charge is 0.481 e. The van der Waals surface area contributed by atoms with E-state index in [4.69, 9.17) is 9.72 Å². The fourth-order valence-electron chi connectivity index (χ4n) is 5.07. The lowest BCUT2D eigenvalue weighted by molar-refractivity contribution is -0.131. The van der Waals surface area contributed by atoms with Gasteiger partial charge in [-0.1, -0.05) is 6.07 Å². The van der Waals surface area contributed by atoms with Crippen molar-refractivity contribution < 1.29 is 13.9 Å². The van der Waals surface area contributed by atoms with Gasteiger partial charge in [-0.2, -0.15) is 0 Å². The van der Waals surface area contributed by atoms with Crippen LogP contribution in [0.1, 0.15) is 42.5 Å². The van der Waals surface area contributed by atoms with Gasteiger partial charge in [0.05, 0.1) is 30.5 Å². The molecule has 1 N–H and O–H groups in total. The molecular formula is C26H28FN5O2. The number of nitrogens with one attached hydrogen (secondary N) is 1. The number of anilines is 1. The van der Waals surface area contributed by atoms with Crippen LogP contribution in [-0.4, -0.2) is 51.5 Å². The summed E-state index contributed by atoms with van der Waals surface area (Å²) in [5.41, 5.74) is 4.14. The van der Waals surface area contributed by atoms with Crippen LogP contribution in [0.2, 0.25) is 0 Å². The summed E-state index contributed by atoms with van der Waals surface area (Å²) < 4.78 is 19.5. The second kappa shape index (κ2) is 8.66. The Labute approximate surface area is 198 Å². The van der Waals surface area contributed by atoms with Crippen LogP contribution in [0.5, 0.6) is 5.88 Å². The van der Waals surface area contributed by atoms with E-state index in [2.05, 4.69) is 21.4 Å². The Kier molecular flexibility index (Phi) is 5.67. The minimum Gasteiger partial charge on any atom is -0.481 e. The highest BCUT2D eigenvalue weighted by Crippen LogP contribution is 2.39. The van der Waals surface area contributed by atoms with Crippen molar-refractivity contribution in [3.05, 3.63) is 65.4 Å². The zero-order chi connectivity index (χ0) is 23.9. The quantitative estimate of drug-likeness (QED) is 0.629. The molecule has 3 aromatic heterocycles. The first-order valence-corrected chi connectivity index (χ1v) is 11.6. The summed E-state index contributed by atoms with van der Waals surface area (Å²) in [6, 6.07) is 9.57. The monoisotopic (exact) mass is 461 g/mol. The van der Waals surface area contributed by atoms with Gasteiger partial charge >= 0.3 is 0 Å². The topological polar surface area (TPSA) is 80.2 Å². The number of fused-ring (bicyclic) bond motifs is 1. The maximum Gasteiger partial charge on any atom is 0.230 e. The first-order chi connectivity index (χ1) is 16.4. The summed E-state index contributed by atoms with van der Waals surface area (Å²) in [4.78, 5) is 28.3. The van der Waals surface area contributed by atoms with Gasteiger partial charge in [-0.3, -0.25) is 9.78 Å². The Morgan fingerprint density at radius 1 is 1.26 bits per heavy atom. The van der Waals surface area contributed by atoms with Crippen molar-refractivity contribution in [1.29, 1.82) is 0 Å². The fourth-order valence-corrected chi connectivity index (χ4v) is 5.07. The van der Waals surface area contributed by atoms with Crippen molar-refractivity contribution in [2.45, 2.75) is 44.6 Å². The predicted octanol–water partition coefficient (Wildman–Crippen LogP) is 4.13. The molecule has 0 unspecified atom stereocenters. The summed E-state index contributed by atoms with van der Waals surface area (Å²) in [7, 11) is 1.47. The molecule has 7 nitrogen and oxygen atoms in total. The second-order valence-corrected chi connectivity index (χ2v) is 9.23. The molecule has 1 fully saturated rings. The summed E-state index contributed by atoms with van der Waals surface area (Å²) >= 11 is 0. The van der Waals surface area contributed by atoms with Gasteiger partial charge in [0.2, 0.25) is 11.8 Å². The predicted molar refractivity (Wildman–Crippen MR) is 127 cm³/mol. The Bertz CT molecular complexity index is 1240. The Hall–Kier alpha value is -3.55. The molecule has 2 atom stereocenters. The standard InChI is InChI=1S/C26H28FN5O2/c1-16(19-13-23(34-3)29-14-21(19)27)25(33)32-11-9-26(15-32)8-7-18-12-20(17(2)30-24(18)31-26)22-6-4-5-10-28-22/h4-6,10,12-14,16H,7-9,11,15H2,1-3H3,(H,30,31)/t16-,26+/m1/s1. The average Bonchev–Trinajstić information content (AvgIpc) is 3.26. The third-order valence-electron chi connectivity index (χ3n) is 7.06. The molecule has 2 aliphatic rings. The van der Waals surface area contributed by atoms with E-state index in [1.807, 2.05) is 30.0 Å². The Balaban J connectivity index is 1.33. The second-order valence-electron chi connectivity index (χ2n) is 9.23. The molecule has 1 spiro atoms. The minimum absolute atomic E-state index is 0.0914. The molecule has 0 saturated carbocycles. The van der Waals surface area contributed by atoms with E-state index in [1.54, 1.807) is 13.1 Å². The van der Waals surface area contributed by atoms with Gasteiger partial charge in [0.15, 0.2) is 0 Å². The number of rotatable bonds is 4. The van der Waals surface area contributed by atoms with E-state index in [1.165, 1.54) is 18.7 Å². The van der Waals surface area contributed by atoms with Gasteiger partial charge in [-0.25, -0.2) is 14.4 Å². The number of likely N-dealkylation sites (tertiary alicyclic amines) is 1. The number of ether oxygens (including phenoxy) is 1. The van der Waals surface area contributed by atoms with Crippen LogP contribution in [0.4, 0.5) is 10.2 Å². The maximum atomic E-state index is 14.4. The van der Waals surface area contributed by atoms with Crippen LogP contribution >= 0.6 is 0 Å². The molecule has 0 aromatic carbocycles. The number of amides is 1. The maximum absolute atomic E-state index is 14.4. The van der Waals surface area contributed by atoms with Crippen molar-refractivity contribution >= 4 is 11.7 Å². The van der Waals surface area contributed by atoms with Gasteiger partial charge in [0.1, 0.15) is 11.6 Å². The van der Waals surface area contributed by atoms with E-state index < -0.39 is 11.7 Å². The summed E-state index contributed by atoms with van der Waals surface area (Å²) in [6.45, 7) is 4.93. The highest BCUT2D eigenvalue weighted by molar-refractivity contribution is 5.84. The van der Waals surface area contributed by atoms with Crippen molar-refractivity contribution in [3.8, 4) is 17.1 Å². The van der Waals surface area contributed by atoms with Crippen molar-refractivity contribution in [2.24, 2.45) is 0 Å². The van der Waals surface area contributed by atoms with Crippen LogP contribution in [0.25, 0.3) is 11.3 Å². The lowest BCUT2D eigenvalue weighted by atomic mass is 9.86. The lowest BCUT2D eigenvalue weighted by Gasteiger charge is -2.36. The summed E-state index contributed by atoms with van der Waals surface area (Å²) in [6.07, 6.45) is 5.51. The molecule has 5 heterocycles. The van der Waals surface area contributed by atoms with Gasteiger partial charge in [0.25, 0.3) is 0 Å². The van der Waals surface area contributed by atoms with Crippen LogP contribution < -0.4 is 10.1 Å². The normalized spacial score (nSPS) is 20.1. The molecule has 0 aliphatic carbocycles. The molecule has 1 amide bonds. The van der Waals surface area contributed by atoms with Crippen molar-refractivity contribution in [1.82, 2.24) is 19.9 Å². The number of hydrogen-bond acceptors (Lipinski definition) is 6. The highest BCUT2D eigenvalue weighted by Gasteiger charge is 2.43. The number of aromatic nitrogens is 3. The molecular weight excluding hydrogens is 433 g/mol. The van der Waals surface area contributed by atoms with Crippen LogP contribution in [-0.2, 0) is 11.2 Å². The lowest BCUT2D eigenvalue weighted by Crippen LogP contribution is -2.46. The van der Waals surface area contributed by atoms with Crippen LogP contribution in [0.3, 0.4) is 0 Å². The average molecular weight is 462 g/mol. The smallest absolute Gasteiger partial charge is 0.230 e. The molecule has 3 aromatic rings. The molecule has 8 heteroatoms. The Morgan fingerprint density at radius 2 is 2.12 bits per heavy atom. The minimum atomic E-state index is -0.621. The van der Waals surface area contributed by atoms with Gasteiger partial charge in [-0.05, 0) is 56.9 Å². The first kappa shape index (κ1) is 22.3. The number of methoxy groups -OCH3 is 1. The number of nitrogens with zero attached hydrogens (tertiary/aromatic N) is 4. The molecule has 176 valence electrons. The van der Waals surface area contributed by atoms with Gasteiger partial charge in [0, 0.05) is 42.2 Å². The third kappa shape index (κ3) is 3.97. The van der Waals surface area contributed by atoms with E-state index >= 15 is 0 Å². The van der Waals surface area contributed by atoms with Crippen molar-refractivity contribution in [2.75, 3.05) is 25.5 Å². The zero-order valence-electron chi connectivity index (χ0n) is 19.6. The number of carbonyl (C=O) groups is 1. The first-order valence-electron chi connectivity index (χ1n) is 11.6. The van der Waals surface area contributed by atoms with Crippen LogP contribution in [0, 0.1) is 12.7 Å². The number of carbonyl (C=O) groups excluding carboxylic acids is 1. The molecule has 0 radical (unpaired) electrons. The van der Waals surface area contributed by atoms with E-state index in [0.29, 0.717) is 24.5 Å². The highest BCUT2D eigenvalue weighted by atomic mass is 19.1. The van der Waals surface area contributed by atoms with Gasteiger partial charge in [-0.15, -0.1) is 0 Å². The van der Waals surface area contributed by atoms with Crippen LogP contribution in [0.15, 0.2) is 42.7 Å². The summed E-state index contributed by atoms with van der Waals surface area (Å²) in [5.74, 6) is -0.0270.